The Balaban J connectivity index is 2.64. The Morgan fingerprint density at radius 3 is 2.47 bits per heavy atom. The summed E-state index contributed by atoms with van der Waals surface area (Å²) >= 11 is 0. The second-order valence-corrected chi connectivity index (χ2v) is 4.20. The van der Waals surface area contributed by atoms with E-state index in [9.17, 15) is 15.3 Å². The first kappa shape index (κ1) is 15.4. The number of aliphatic hydroxyl groups excluding tert-OH is 3. The first-order valence-corrected chi connectivity index (χ1v) is 5.86. The highest BCUT2D eigenvalue weighted by atomic mass is 16.5. The van der Waals surface area contributed by atoms with E-state index < -0.39 is 5.54 Å². The summed E-state index contributed by atoms with van der Waals surface area (Å²) in [7, 11) is 0. The Morgan fingerprint density at radius 2 is 1.89 bits per heavy atom. The molecule has 19 heavy (non-hydrogen) atoms. The van der Waals surface area contributed by atoms with Gasteiger partial charge in [0.15, 0.2) is 6.61 Å². The lowest BCUT2D eigenvalue weighted by molar-refractivity contribution is 0.0414. The van der Waals surface area contributed by atoms with E-state index in [1.165, 1.54) is 0 Å². The number of nitriles is 1. The van der Waals surface area contributed by atoms with Crippen molar-refractivity contribution in [3.05, 3.63) is 29.8 Å². The van der Waals surface area contributed by atoms with Gasteiger partial charge in [-0.15, -0.1) is 0 Å². The Hall–Kier alpha value is -1.65. The number of benzene rings is 1. The molecule has 6 nitrogen and oxygen atoms in total. The van der Waals surface area contributed by atoms with Gasteiger partial charge in [-0.25, -0.2) is 0 Å². The van der Waals surface area contributed by atoms with Crippen LogP contribution in [-0.4, -0.2) is 47.3 Å². The quantitative estimate of drug-likeness (QED) is 0.500. The second-order valence-electron chi connectivity index (χ2n) is 4.20. The van der Waals surface area contributed by atoms with Crippen LogP contribution in [0, 0.1) is 11.3 Å². The van der Waals surface area contributed by atoms with Crippen LogP contribution in [0.2, 0.25) is 0 Å². The molecule has 0 aliphatic rings. The molecule has 0 radical (unpaired) electrons. The van der Waals surface area contributed by atoms with Gasteiger partial charge >= 0.3 is 0 Å². The number of nitrogens with one attached hydrogen (secondary N) is 1. The topological polar surface area (TPSA) is 106 Å². The van der Waals surface area contributed by atoms with Crippen LogP contribution >= 0.6 is 0 Å². The zero-order valence-corrected chi connectivity index (χ0v) is 10.5. The molecule has 1 aromatic rings. The summed E-state index contributed by atoms with van der Waals surface area (Å²) in [5.74, 6) is 0.573. The number of hydrogen-bond acceptors (Lipinski definition) is 6. The molecule has 0 atom stereocenters. The van der Waals surface area contributed by atoms with E-state index in [4.69, 9.17) is 10.00 Å². The number of ether oxygens (including phenoxy) is 1. The Bertz CT molecular complexity index is 419. The summed E-state index contributed by atoms with van der Waals surface area (Å²) in [6.07, 6.45) is 0. The molecular formula is C13H18N2O4. The van der Waals surface area contributed by atoms with Crippen molar-refractivity contribution in [3.8, 4) is 11.8 Å². The van der Waals surface area contributed by atoms with E-state index in [-0.39, 0.29) is 26.4 Å². The minimum absolute atomic E-state index is 0.0231. The highest BCUT2D eigenvalue weighted by Crippen LogP contribution is 2.14. The minimum atomic E-state index is -1.11. The summed E-state index contributed by atoms with van der Waals surface area (Å²) < 4.78 is 5.17. The van der Waals surface area contributed by atoms with Crippen molar-refractivity contribution in [1.29, 1.82) is 5.26 Å². The maximum absolute atomic E-state index is 9.18. The summed E-state index contributed by atoms with van der Waals surface area (Å²) in [5.41, 5.74) is -0.251. The summed E-state index contributed by atoms with van der Waals surface area (Å²) in [5, 5.41) is 38.9. The van der Waals surface area contributed by atoms with Gasteiger partial charge in [-0.2, -0.15) is 5.26 Å². The maximum Gasteiger partial charge on any atom is 0.174 e. The monoisotopic (exact) mass is 266 g/mol. The van der Waals surface area contributed by atoms with Gasteiger partial charge in [-0.3, -0.25) is 0 Å². The molecule has 0 unspecified atom stereocenters. The second kappa shape index (κ2) is 7.71. The molecule has 1 rings (SSSR count). The van der Waals surface area contributed by atoms with Crippen LogP contribution in [0.5, 0.6) is 5.75 Å². The van der Waals surface area contributed by atoms with Gasteiger partial charge in [-0.1, -0.05) is 12.1 Å². The Morgan fingerprint density at radius 1 is 1.21 bits per heavy atom. The fourth-order valence-corrected chi connectivity index (χ4v) is 1.47. The van der Waals surface area contributed by atoms with Gasteiger partial charge in [0.2, 0.25) is 0 Å². The highest BCUT2D eigenvalue weighted by molar-refractivity contribution is 5.28. The van der Waals surface area contributed by atoms with Crippen LogP contribution in [0.15, 0.2) is 24.3 Å². The molecule has 1 aromatic carbocycles. The van der Waals surface area contributed by atoms with Gasteiger partial charge in [0.25, 0.3) is 0 Å². The van der Waals surface area contributed by atoms with E-state index in [0.29, 0.717) is 12.3 Å². The molecule has 6 heteroatoms. The molecule has 0 saturated heterocycles. The summed E-state index contributed by atoms with van der Waals surface area (Å²) in [6.45, 7) is -0.782. The molecule has 4 N–H and O–H groups in total. The van der Waals surface area contributed by atoms with Gasteiger partial charge < -0.3 is 25.4 Å². The zero-order valence-electron chi connectivity index (χ0n) is 10.5. The molecule has 0 aromatic heterocycles. The van der Waals surface area contributed by atoms with Crippen LogP contribution in [-0.2, 0) is 6.54 Å². The number of nitrogens with zero attached hydrogens (tertiary/aromatic N) is 1. The first-order valence-electron chi connectivity index (χ1n) is 5.86. The molecule has 0 spiro atoms. The SMILES string of the molecule is N#CCOc1cccc(CNC(CO)(CO)CO)c1. The average molecular weight is 266 g/mol. The highest BCUT2D eigenvalue weighted by Gasteiger charge is 2.26. The van der Waals surface area contributed by atoms with Crippen molar-refractivity contribution in [3.63, 3.8) is 0 Å². The fourth-order valence-electron chi connectivity index (χ4n) is 1.47. The smallest absolute Gasteiger partial charge is 0.174 e. The molecule has 0 heterocycles. The molecule has 0 aliphatic heterocycles. The first-order chi connectivity index (χ1) is 9.19. The van der Waals surface area contributed by atoms with Crippen molar-refractivity contribution in [1.82, 2.24) is 5.32 Å². The third kappa shape index (κ3) is 4.50. The minimum Gasteiger partial charge on any atom is -0.479 e. The van der Waals surface area contributed by atoms with Gasteiger partial charge in [0, 0.05) is 6.54 Å². The summed E-state index contributed by atoms with van der Waals surface area (Å²) in [4.78, 5) is 0. The number of rotatable bonds is 8. The van der Waals surface area contributed by atoms with E-state index in [0.717, 1.165) is 5.56 Å². The molecular weight excluding hydrogens is 248 g/mol. The lowest BCUT2D eigenvalue weighted by Crippen LogP contribution is -2.54. The normalized spacial score (nSPS) is 11.1. The van der Waals surface area contributed by atoms with Crippen LogP contribution in [0.4, 0.5) is 0 Å². The third-order valence-electron chi connectivity index (χ3n) is 2.78. The molecule has 0 saturated carbocycles. The van der Waals surface area contributed by atoms with Gasteiger partial charge in [-0.05, 0) is 17.7 Å². The molecule has 0 amide bonds. The standard InChI is InChI=1S/C13H18N2O4/c14-4-5-19-12-3-1-2-11(6-12)7-15-13(8-16,9-17)10-18/h1-3,6,15-18H,5,7-10H2. The number of aliphatic hydroxyl groups is 3. The average Bonchev–Trinajstić information content (AvgIpc) is 2.47. The Labute approximate surface area is 111 Å². The van der Waals surface area contributed by atoms with E-state index in [2.05, 4.69) is 5.32 Å². The van der Waals surface area contributed by atoms with E-state index in [1.807, 2.05) is 12.1 Å². The van der Waals surface area contributed by atoms with Crippen LogP contribution in [0.3, 0.4) is 0 Å². The van der Waals surface area contributed by atoms with Crippen molar-refractivity contribution in [2.45, 2.75) is 12.1 Å². The van der Waals surface area contributed by atoms with Gasteiger partial charge in [0.05, 0.1) is 25.4 Å². The predicted molar refractivity (Wildman–Crippen MR) is 68.4 cm³/mol. The van der Waals surface area contributed by atoms with Crippen LogP contribution in [0.25, 0.3) is 0 Å². The van der Waals surface area contributed by atoms with Crippen molar-refractivity contribution in [2.75, 3.05) is 26.4 Å². The Kier molecular flexibility index (Phi) is 6.25. The predicted octanol–water partition coefficient (Wildman–Crippen LogP) is -0.606. The molecule has 0 fully saturated rings. The largest absolute Gasteiger partial charge is 0.479 e. The van der Waals surface area contributed by atoms with Crippen LogP contribution in [0.1, 0.15) is 5.56 Å². The fraction of sp³-hybridized carbons (Fsp3) is 0.462. The van der Waals surface area contributed by atoms with E-state index >= 15 is 0 Å². The zero-order chi connectivity index (χ0) is 14.1. The van der Waals surface area contributed by atoms with Crippen molar-refractivity contribution < 1.29 is 20.1 Å². The lowest BCUT2D eigenvalue weighted by Gasteiger charge is -2.28. The molecule has 104 valence electrons. The molecule has 0 aliphatic carbocycles. The lowest BCUT2D eigenvalue weighted by atomic mass is 10.0. The number of hydrogen-bond donors (Lipinski definition) is 4. The van der Waals surface area contributed by atoms with Crippen molar-refractivity contribution in [2.24, 2.45) is 0 Å². The summed E-state index contributed by atoms with van der Waals surface area (Å²) in [6, 6.07) is 8.98. The van der Waals surface area contributed by atoms with Crippen LogP contribution < -0.4 is 10.1 Å². The molecule has 0 bridgehead atoms. The third-order valence-corrected chi connectivity index (χ3v) is 2.78. The maximum atomic E-state index is 9.18. The van der Waals surface area contributed by atoms with Gasteiger partial charge in [0.1, 0.15) is 11.8 Å². The van der Waals surface area contributed by atoms with Crippen molar-refractivity contribution >= 4 is 0 Å². The van der Waals surface area contributed by atoms with E-state index in [1.54, 1.807) is 18.2 Å².